The summed E-state index contributed by atoms with van der Waals surface area (Å²) in [6.45, 7) is 11.7. The average molecular weight is 286 g/mol. The van der Waals surface area contributed by atoms with Crippen LogP contribution in [0.25, 0.3) is 0 Å². The fraction of sp³-hybridized carbons (Fsp3) is 0.867. The monoisotopic (exact) mass is 286 g/mol. The number of rotatable bonds is 9. The van der Waals surface area contributed by atoms with Gasteiger partial charge in [0.2, 0.25) is 5.91 Å². The highest BCUT2D eigenvalue weighted by atomic mass is 16.3. The summed E-state index contributed by atoms with van der Waals surface area (Å²) in [6.07, 6.45) is 1.57. The normalized spacial score (nSPS) is 14.2. The number of amides is 1. The second-order valence-corrected chi connectivity index (χ2v) is 6.89. The predicted molar refractivity (Wildman–Crippen MR) is 80.4 cm³/mol. The smallest absolute Gasteiger partial charge is 0.220 e. The maximum absolute atomic E-state index is 11.8. The van der Waals surface area contributed by atoms with E-state index in [0.29, 0.717) is 12.3 Å². The van der Waals surface area contributed by atoms with E-state index in [9.17, 15) is 9.59 Å². The molecule has 118 valence electrons. The maximum Gasteiger partial charge on any atom is 0.220 e. The molecule has 0 radical (unpaired) electrons. The minimum Gasteiger partial charge on any atom is -0.394 e. The van der Waals surface area contributed by atoms with E-state index >= 15 is 0 Å². The number of hydrogen-bond donors (Lipinski definition) is 3. The third kappa shape index (κ3) is 7.01. The lowest BCUT2D eigenvalue weighted by atomic mass is 9.89. The highest BCUT2D eigenvalue weighted by Crippen LogP contribution is 2.16. The molecule has 0 aromatic rings. The molecule has 3 N–H and O–H groups in total. The number of nitrogens with one attached hydrogen (secondary N) is 2. The van der Waals surface area contributed by atoms with Crippen molar-refractivity contribution in [3.63, 3.8) is 0 Å². The van der Waals surface area contributed by atoms with Crippen LogP contribution in [0.1, 0.15) is 54.4 Å². The van der Waals surface area contributed by atoms with Crippen molar-refractivity contribution in [3.05, 3.63) is 0 Å². The summed E-state index contributed by atoms with van der Waals surface area (Å²) in [5.41, 5.74) is -0.787. The van der Waals surface area contributed by atoms with Crippen LogP contribution in [0.4, 0.5) is 0 Å². The predicted octanol–water partition coefficient (Wildman–Crippen LogP) is 1.25. The van der Waals surface area contributed by atoms with Crippen molar-refractivity contribution in [1.29, 1.82) is 0 Å². The van der Waals surface area contributed by atoms with Gasteiger partial charge in [0, 0.05) is 12.0 Å². The van der Waals surface area contributed by atoms with E-state index in [-0.39, 0.29) is 30.5 Å². The van der Waals surface area contributed by atoms with Crippen LogP contribution < -0.4 is 10.6 Å². The third-order valence-electron chi connectivity index (χ3n) is 3.72. The van der Waals surface area contributed by atoms with Gasteiger partial charge in [-0.15, -0.1) is 0 Å². The molecule has 0 fully saturated rings. The van der Waals surface area contributed by atoms with Crippen molar-refractivity contribution >= 4 is 12.2 Å². The summed E-state index contributed by atoms with van der Waals surface area (Å²) in [7, 11) is 0. The zero-order valence-electron chi connectivity index (χ0n) is 13.6. The Kier molecular flexibility index (Phi) is 7.38. The van der Waals surface area contributed by atoms with E-state index in [1.165, 1.54) is 0 Å². The van der Waals surface area contributed by atoms with Crippen LogP contribution >= 0.6 is 0 Å². The Bertz CT molecular complexity index is 325. The van der Waals surface area contributed by atoms with E-state index in [1.54, 1.807) is 13.8 Å². The maximum atomic E-state index is 11.8. The molecule has 0 aliphatic rings. The van der Waals surface area contributed by atoms with E-state index in [4.69, 9.17) is 5.11 Å². The van der Waals surface area contributed by atoms with Crippen molar-refractivity contribution < 1.29 is 14.7 Å². The van der Waals surface area contributed by atoms with Crippen LogP contribution in [0.5, 0.6) is 0 Å². The van der Waals surface area contributed by atoms with Gasteiger partial charge in [0.1, 0.15) is 6.29 Å². The standard InChI is InChI=1S/C15H30N2O3/c1-11(2)15(5,6)16-12(9-18)7-8-13(20)17-14(3,4)10-19/h9,11-12,16,19H,7-8,10H2,1-6H3,(H,17,20). The second kappa shape index (κ2) is 7.74. The van der Waals surface area contributed by atoms with Gasteiger partial charge in [-0.05, 0) is 40.0 Å². The number of carbonyl (C=O) groups excluding carboxylic acids is 2. The Morgan fingerprint density at radius 3 is 2.20 bits per heavy atom. The third-order valence-corrected chi connectivity index (χ3v) is 3.72. The highest BCUT2D eigenvalue weighted by molar-refractivity contribution is 5.77. The first-order valence-corrected chi connectivity index (χ1v) is 7.19. The molecule has 0 aromatic carbocycles. The number of aliphatic hydroxyl groups excluding tert-OH is 1. The Hall–Kier alpha value is -0.940. The molecule has 0 aromatic heterocycles. The first-order chi connectivity index (χ1) is 9.04. The van der Waals surface area contributed by atoms with E-state index in [0.717, 1.165) is 6.29 Å². The minimum absolute atomic E-state index is 0.117. The second-order valence-electron chi connectivity index (χ2n) is 6.89. The summed E-state index contributed by atoms with van der Waals surface area (Å²) >= 11 is 0. The molecule has 0 saturated carbocycles. The van der Waals surface area contributed by atoms with Gasteiger partial charge in [-0.1, -0.05) is 13.8 Å². The summed E-state index contributed by atoms with van der Waals surface area (Å²) in [5.74, 6) is 0.229. The molecular weight excluding hydrogens is 256 g/mol. The zero-order valence-corrected chi connectivity index (χ0v) is 13.6. The Labute approximate surface area is 122 Å². The summed E-state index contributed by atoms with van der Waals surface area (Å²) in [5, 5.41) is 15.1. The molecule has 0 heterocycles. The van der Waals surface area contributed by atoms with E-state index in [1.807, 2.05) is 13.8 Å². The lowest BCUT2D eigenvalue weighted by Gasteiger charge is -2.33. The minimum atomic E-state index is -0.627. The zero-order chi connectivity index (χ0) is 16.0. The topological polar surface area (TPSA) is 78.4 Å². The molecule has 20 heavy (non-hydrogen) atoms. The molecule has 0 saturated heterocycles. The van der Waals surface area contributed by atoms with Crippen LogP contribution in [-0.2, 0) is 9.59 Å². The van der Waals surface area contributed by atoms with Crippen molar-refractivity contribution in [3.8, 4) is 0 Å². The Morgan fingerprint density at radius 1 is 1.25 bits per heavy atom. The number of carbonyl (C=O) groups is 2. The number of aliphatic hydroxyl groups is 1. The fourth-order valence-corrected chi connectivity index (χ4v) is 1.58. The van der Waals surface area contributed by atoms with E-state index in [2.05, 4.69) is 24.5 Å². The summed E-state index contributed by atoms with van der Waals surface area (Å²) in [4.78, 5) is 22.9. The van der Waals surface area contributed by atoms with Crippen molar-refractivity contribution in [2.45, 2.75) is 71.5 Å². The number of hydrogen-bond acceptors (Lipinski definition) is 4. The van der Waals surface area contributed by atoms with Crippen molar-refractivity contribution in [1.82, 2.24) is 10.6 Å². The fourth-order valence-electron chi connectivity index (χ4n) is 1.58. The summed E-state index contributed by atoms with van der Waals surface area (Å²) < 4.78 is 0. The van der Waals surface area contributed by atoms with Gasteiger partial charge < -0.3 is 20.5 Å². The van der Waals surface area contributed by atoms with Crippen LogP contribution in [0.3, 0.4) is 0 Å². The van der Waals surface area contributed by atoms with Gasteiger partial charge in [0.15, 0.2) is 0 Å². The van der Waals surface area contributed by atoms with Crippen LogP contribution in [0.2, 0.25) is 0 Å². The molecule has 1 unspecified atom stereocenters. The molecule has 0 aliphatic carbocycles. The largest absolute Gasteiger partial charge is 0.394 e. The van der Waals surface area contributed by atoms with Gasteiger partial charge >= 0.3 is 0 Å². The molecular formula is C15H30N2O3. The van der Waals surface area contributed by atoms with Gasteiger partial charge in [-0.3, -0.25) is 4.79 Å². The Morgan fingerprint density at radius 2 is 1.80 bits per heavy atom. The molecule has 5 nitrogen and oxygen atoms in total. The Balaban J connectivity index is 4.33. The highest BCUT2D eigenvalue weighted by Gasteiger charge is 2.26. The molecule has 0 spiro atoms. The summed E-state index contributed by atoms with van der Waals surface area (Å²) in [6, 6.07) is -0.338. The van der Waals surface area contributed by atoms with Gasteiger partial charge in [0.05, 0.1) is 18.2 Å². The molecule has 5 heteroatoms. The lowest BCUT2D eigenvalue weighted by Crippen LogP contribution is -2.51. The molecule has 1 amide bonds. The first-order valence-electron chi connectivity index (χ1n) is 7.19. The lowest BCUT2D eigenvalue weighted by molar-refractivity contribution is -0.123. The first kappa shape index (κ1) is 19.1. The molecule has 0 aliphatic heterocycles. The average Bonchev–Trinajstić information content (AvgIpc) is 2.33. The van der Waals surface area contributed by atoms with Crippen molar-refractivity contribution in [2.24, 2.45) is 5.92 Å². The van der Waals surface area contributed by atoms with Gasteiger partial charge in [0.25, 0.3) is 0 Å². The molecule has 0 rings (SSSR count). The van der Waals surface area contributed by atoms with Crippen LogP contribution in [-0.4, -0.2) is 41.0 Å². The van der Waals surface area contributed by atoms with Gasteiger partial charge in [-0.2, -0.15) is 0 Å². The van der Waals surface area contributed by atoms with Crippen LogP contribution in [0, 0.1) is 5.92 Å². The molecule has 1 atom stereocenters. The van der Waals surface area contributed by atoms with Crippen molar-refractivity contribution in [2.75, 3.05) is 6.61 Å². The SMILES string of the molecule is CC(C)C(C)(C)NC(C=O)CCC(=O)NC(C)(C)CO. The van der Waals surface area contributed by atoms with E-state index < -0.39 is 5.54 Å². The van der Waals surface area contributed by atoms with Crippen LogP contribution in [0.15, 0.2) is 0 Å². The number of aldehydes is 1. The quantitative estimate of drug-likeness (QED) is 0.557. The van der Waals surface area contributed by atoms with Gasteiger partial charge in [-0.25, -0.2) is 0 Å². The molecule has 0 bridgehead atoms.